The van der Waals surface area contributed by atoms with E-state index in [2.05, 4.69) is 5.32 Å². The topological polar surface area (TPSA) is 47.6 Å². The number of carbonyl (C=O) groups excluding carboxylic acids is 1. The number of carbonyl (C=O) groups is 1. The van der Waals surface area contributed by atoms with Crippen LogP contribution in [0.15, 0.2) is 0 Å². The fraction of sp³-hybridized carbons (Fsp3) is 0.923. The minimum Gasteiger partial charge on any atom is -0.460 e. The van der Waals surface area contributed by atoms with Crippen LogP contribution in [0.4, 0.5) is 0 Å². The third kappa shape index (κ3) is 3.42. The number of rotatable bonds is 2. The van der Waals surface area contributed by atoms with Gasteiger partial charge in [-0.25, -0.2) is 0 Å². The molecule has 2 aliphatic rings. The average Bonchev–Trinajstić information content (AvgIpc) is 2.13. The van der Waals surface area contributed by atoms with E-state index in [4.69, 9.17) is 9.47 Å². The predicted octanol–water partition coefficient (Wildman–Crippen LogP) is 1.63. The van der Waals surface area contributed by atoms with E-state index in [-0.39, 0.29) is 17.6 Å². The van der Waals surface area contributed by atoms with E-state index in [1.807, 2.05) is 20.8 Å². The van der Waals surface area contributed by atoms with Gasteiger partial charge in [-0.1, -0.05) is 0 Å². The van der Waals surface area contributed by atoms with Crippen molar-refractivity contribution in [2.24, 2.45) is 0 Å². The number of hydrogen-bond donors (Lipinski definition) is 1. The van der Waals surface area contributed by atoms with Gasteiger partial charge < -0.3 is 14.8 Å². The van der Waals surface area contributed by atoms with Crippen LogP contribution < -0.4 is 5.32 Å². The van der Waals surface area contributed by atoms with Gasteiger partial charge in [0.15, 0.2) is 0 Å². The minimum atomic E-state index is -0.401. The van der Waals surface area contributed by atoms with Gasteiger partial charge in [-0.05, 0) is 40.0 Å². The Kier molecular flexibility index (Phi) is 3.46. The van der Waals surface area contributed by atoms with Crippen LogP contribution in [0.3, 0.4) is 0 Å². The highest BCUT2D eigenvalue weighted by molar-refractivity contribution is 5.70. The van der Waals surface area contributed by atoms with Crippen molar-refractivity contribution < 1.29 is 14.3 Å². The molecule has 1 aliphatic carbocycles. The van der Waals surface area contributed by atoms with Crippen molar-refractivity contribution in [3.05, 3.63) is 0 Å². The normalized spacial score (nSPS) is 27.6. The van der Waals surface area contributed by atoms with Gasteiger partial charge in [0.2, 0.25) is 0 Å². The molecule has 1 spiro atoms. The van der Waals surface area contributed by atoms with Gasteiger partial charge in [0, 0.05) is 12.6 Å². The van der Waals surface area contributed by atoms with Crippen LogP contribution in [0.5, 0.6) is 0 Å². The summed E-state index contributed by atoms with van der Waals surface area (Å²) in [5.74, 6) is -0.150. The molecule has 4 nitrogen and oxygen atoms in total. The zero-order chi connectivity index (χ0) is 12.5. The Morgan fingerprint density at radius 2 is 2.18 bits per heavy atom. The van der Waals surface area contributed by atoms with E-state index in [0.717, 1.165) is 19.4 Å². The van der Waals surface area contributed by atoms with Crippen LogP contribution in [0.25, 0.3) is 0 Å². The van der Waals surface area contributed by atoms with Gasteiger partial charge in [0.25, 0.3) is 0 Å². The van der Waals surface area contributed by atoms with E-state index < -0.39 is 5.60 Å². The molecule has 0 radical (unpaired) electrons. The Bertz CT molecular complexity index is 282. The molecule has 2 fully saturated rings. The monoisotopic (exact) mass is 241 g/mol. The average molecular weight is 241 g/mol. The van der Waals surface area contributed by atoms with Gasteiger partial charge in [0.1, 0.15) is 5.60 Å². The lowest BCUT2D eigenvalue weighted by Crippen LogP contribution is -2.58. The fourth-order valence-corrected chi connectivity index (χ4v) is 2.33. The molecule has 1 saturated heterocycles. The number of nitrogens with one attached hydrogen (secondary N) is 1. The molecule has 0 amide bonds. The van der Waals surface area contributed by atoms with Gasteiger partial charge >= 0.3 is 5.97 Å². The van der Waals surface area contributed by atoms with Crippen LogP contribution in [0.1, 0.15) is 46.5 Å². The van der Waals surface area contributed by atoms with Crippen molar-refractivity contribution in [1.82, 2.24) is 5.32 Å². The highest BCUT2D eigenvalue weighted by atomic mass is 16.6. The van der Waals surface area contributed by atoms with Crippen molar-refractivity contribution in [2.75, 3.05) is 13.2 Å². The molecule has 1 aliphatic heterocycles. The summed E-state index contributed by atoms with van der Waals surface area (Å²) < 4.78 is 11.2. The molecule has 17 heavy (non-hydrogen) atoms. The van der Waals surface area contributed by atoms with Crippen molar-refractivity contribution in [3.63, 3.8) is 0 Å². The molecular weight excluding hydrogens is 218 g/mol. The maximum atomic E-state index is 11.7. The molecular formula is C13H23NO3. The minimum absolute atomic E-state index is 0.0877. The molecule has 0 aromatic heterocycles. The van der Waals surface area contributed by atoms with Crippen molar-refractivity contribution in [3.8, 4) is 0 Å². The standard InChI is InChI=1S/C13H23NO3/c1-12(2,3)17-11(15)7-10-8-16-13(9-14-10)5-4-6-13/h10,14H,4-9H2,1-3H3. The molecule has 1 unspecified atom stereocenters. The van der Waals surface area contributed by atoms with Crippen LogP contribution in [0, 0.1) is 0 Å². The first kappa shape index (κ1) is 12.8. The van der Waals surface area contributed by atoms with E-state index in [1.165, 1.54) is 6.42 Å². The molecule has 1 heterocycles. The molecule has 0 aromatic rings. The first-order valence-electron chi connectivity index (χ1n) is 6.48. The zero-order valence-electron chi connectivity index (χ0n) is 11.0. The molecule has 0 aromatic carbocycles. The van der Waals surface area contributed by atoms with Gasteiger partial charge in [-0.2, -0.15) is 0 Å². The van der Waals surface area contributed by atoms with E-state index in [1.54, 1.807) is 0 Å². The summed E-state index contributed by atoms with van der Waals surface area (Å²) in [5, 5.41) is 3.40. The van der Waals surface area contributed by atoms with Gasteiger partial charge in [-0.15, -0.1) is 0 Å². The smallest absolute Gasteiger partial charge is 0.307 e. The van der Waals surface area contributed by atoms with Crippen molar-refractivity contribution in [1.29, 1.82) is 0 Å². The maximum Gasteiger partial charge on any atom is 0.307 e. The van der Waals surface area contributed by atoms with Crippen molar-refractivity contribution >= 4 is 5.97 Å². The van der Waals surface area contributed by atoms with Crippen LogP contribution in [0.2, 0.25) is 0 Å². The first-order valence-corrected chi connectivity index (χ1v) is 6.48. The second kappa shape index (κ2) is 4.58. The lowest BCUT2D eigenvalue weighted by molar-refractivity contribution is -0.161. The molecule has 1 atom stereocenters. The zero-order valence-corrected chi connectivity index (χ0v) is 11.0. The van der Waals surface area contributed by atoms with E-state index in [9.17, 15) is 4.79 Å². The Labute approximate surface area is 103 Å². The van der Waals surface area contributed by atoms with Gasteiger partial charge in [-0.3, -0.25) is 4.79 Å². The van der Waals surface area contributed by atoms with E-state index in [0.29, 0.717) is 13.0 Å². The number of ether oxygens (including phenoxy) is 2. The Morgan fingerprint density at radius 3 is 2.59 bits per heavy atom. The summed E-state index contributed by atoms with van der Waals surface area (Å²) in [5.41, 5.74) is -0.313. The maximum absolute atomic E-state index is 11.7. The highest BCUT2D eigenvalue weighted by Crippen LogP contribution is 2.36. The summed E-state index contributed by atoms with van der Waals surface area (Å²) in [6.07, 6.45) is 3.96. The molecule has 4 heteroatoms. The quantitative estimate of drug-likeness (QED) is 0.746. The lowest BCUT2D eigenvalue weighted by atomic mass is 9.79. The SMILES string of the molecule is CC(C)(C)OC(=O)CC1COC2(CCC2)CN1. The fourth-order valence-electron chi connectivity index (χ4n) is 2.33. The highest BCUT2D eigenvalue weighted by Gasteiger charge is 2.41. The van der Waals surface area contributed by atoms with E-state index >= 15 is 0 Å². The summed E-state index contributed by atoms with van der Waals surface area (Å²) >= 11 is 0. The summed E-state index contributed by atoms with van der Waals surface area (Å²) in [6.45, 7) is 7.16. The van der Waals surface area contributed by atoms with Crippen molar-refractivity contribution in [2.45, 2.75) is 63.7 Å². The molecule has 98 valence electrons. The number of esters is 1. The number of morpholine rings is 1. The first-order chi connectivity index (χ1) is 7.89. The summed E-state index contributed by atoms with van der Waals surface area (Å²) in [7, 11) is 0. The largest absolute Gasteiger partial charge is 0.460 e. The molecule has 1 N–H and O–H groups in total. The van der Waals surface area contributed by atoms with Crippen LogP contribution in [-0.4, -0.2) is 36.4 Å². The number of hydrogen-bond acceptors (Lipinski definition) is 4. The second-order valence-corrected chi connectivity index (χ2v) is 6.22. The lowest BCUT2D eigenvalue weighted by Gasteiger charge is -2.46. The summed E-state index contributed by atoms with van der Waals surface area (Å²) in [6, 6.07) is 0.107. The molecule has 1 saturated carbocycles. The van der Waals surface area contributed by atoms with Gasteiger partial charge in [0.05, 0.1) is 18.6 Å². The Hall–Kier alpha value is -0.610. The Balaban J connectivity index is 1.72. The predicted molar refractivity (Wildman–Crippen MR) is 64.8 cm³/mol. The third-order valence-electron chi connectivity index (χ3n) is 3.40. The van der Waals surface area contributed by atoms with Crippen LogP contribution >= 0.6 is 0 Å². The Morgan fingerprint density at radius 1 is 1.47 bits per heavy atom. The molecule has 0 bridgehead atoms. The van der Waals surface area contributed by atoms with Crippen LogP contribution in [-0.2, 0) is 14.3 Å². The second-order valence-electron chi connectivity index (χ2n) is 6.22. The molecule has 2 rings (SSSR count). The summed E-state index contributed by atoms with van der Waals surface area (Å²) in [4.78, 5) is 11.7. The third-order valence-corrected chi connectivity index (χ3v) is 3.40.